The highest BCUT2D eigenvalue weighted by Gasteiger charge is 2.30. The van der Waals surface area contributed by atoms with Crippen molar-refractivity contribution in [3.05, 3.63) is 0 Å². The topological polar surface area (TPSA) is 41.6 Å². The molecule has 2 rings (SSSR count). The first-order chi connectivity index (χ1) is 9.44. The third kappa shape index (κ3) is 4.97. The number of amides is 1. The van der Waals surface area contributed by atoms with E-state index in [9.17, 15) is 4.79 Å². The van der Waals surface area contributed by atoms with Gasteiger partial charge < -0.3 is 15.0 Å². The lowest BCUT2D eigenvalue weighted by Crippen LogP contribution is -2.41. The Kier molecular flexibility index (Phi) is 5.30. The number of likely N-dealkylation sites (tertiary alicyclic amines) is 1. The lowest BCUT2D eigenvalue weighted by Gasteiger charge is -2.25. The molecule has 1 aliphatic heterocycles. The van der Waals surface area contributed by atoms with E-state index in [0.717, 1.165) is 19.5 Å². The molecule has 1 unspecified atom stereocenters. The number of rotatable bonds is 2. The molecule has 2 aliphatic rings. The molecular weight excluding hydrogens is 252 g/mol. The van der Waals surface area contributed by atoms with Crippen LogP contribution in [0, 0.1) is 0 Å². The van der Waals surface area contributed by atoms with Gasteiger partial charge in [-0.2, -0.15) is 0 Å². The van der Waals surface area contributed by atoms with Gasteiger partial charge in [0.15, 0.2) is 0 Å². The van der Waals surface area contributed by atoms with Crippen molar-refractivity contribution in [3.8, 4) is 0 Å². The van der Waals surface area contributed by atoms with Crippen molar-refractivity contribution in [1.82, 2.24) is 10.2 Å². The van der Waals surface area contributed by atoms with Crippen molar-refractivity contribution in [2.24, 2.45) is 0 Å². The van der Waals surface area contributed by atoms with Crippen molar-refractivity contribution < 1.29 is 9.53 Å². The van der Waals surface area contributed by atoms with Crippen LogP contribution in [0.2, 0.25) is 0 Å². The van der Waals surface area contributed by atoms with E-state index < -0.39 is 5.60 Å². The smallest absolute Gasteiger partial charge is 0.410 e. The first kappa shape index (κ1) is 15.6. The predicted octanol–water partition coefficient (Wildman–Crippen LogP) is 3.31. The number of ether oxygens (including phenoxy) is 1. The summed E-state index contributed by atoms with van der Waals surface area (Å²) in [6.07, 6.45) is 8.93. The van der Waals surface area contributed by atoms with Crippen LogP contribution in [0.1, 0.15) is 65.7 Å². The third-order valence-corrected chi connectivity index (χ3v) is 4.17. The SMILES string of the molecule is CC(C)(C)OC(=O)N1CCC(NC2CCCCCC2)C1. The summed E-state index contributed by atoms with van der Waals surface area (Å²) < 4.78 is 5.44. The summed E-state index contributed by atoms with van der Waals surface area (Å²) in [4.78, 5) is 13.9. The predicted molar refractivity (Wildman–Crippen MR) is 80.8 cm³/mol. The maximum atomic E-state index is 12.0. The molecular formula is C16H30N2O2. The molecule has 0 aromatic rings. The third-order valence-electron chi connectivity index (χ3n) is 4.17. The quantitative estimate of drug-likeness (QED) is 0.790. The van der Waals surface area contributed by atoms with Gasteiger partial charge in [0, 0.05) is 25.2 Å². The number of carbonyl (C=O) groups is 1. The Bertz CT molecular complexity index is 317. The summed E-state index contributed by atoms with van der Waals surface area (Å²) >= 11 is 0. The fourth-order valence-corrected chi connectivity index (χ4v) is 3.17. The highest BCUT2D eigenvalue weighted by atomic mass is 16.6. The van der Waals surface area contributed by atoms with Crippen molar-refractivity contribution in [3.63, 3.8) is 0 Å². The molecule has 116 valence electrons. The molecule has 1 atom stereocenters. The van der Waals surface area contributed by atoms with Gasteiger partial charge in [-0.1, -0.05) is 25.7 Å². The minimum Gasteiger partial charge on any atom is -0.444 e. The average molecular weight is 282 g/mol. The van der Waals surface area contributed by atoms with Crippen LogP contribution in [0.4, 0.5) is 4.79 Å². The lowest BCUT2D eigenvalue weighted by atomic mass is 10.1. The van der Waals surface area contributed by atoms with Crippen molar-refractivity contribution >= 4 is 6.09 Å². The largest absolute Gasteiger partial charge is 0.444 e. The molecule has 1 aliphatic carbocycles. The molecule has 0 radical (unpaired) electrons. The number of hydrogen-bond donors (Lipinski definition) is 1. The summed E-state index contributed by atoms with van der Waals surface area (Å²) in [5, 5.41) is 3.76. The minimum atomic E-state index is -0.399. The molecule has 1 heterocycles. The molecule has 0 bridgehead atoms. The van der Waals surface area contributed by atoms with Crippen LogP contribution in [0.25, 0.3) is 0 Å². The second kappa shape index (κ2) is 6.79. The number of nitrogens with one attached hydrogen (secondary N) is 1. The Morgan fingerprint density at radius 1 is 1.05 bits per heavy atom. The number of hydrogen-bond acceptors (Lipinski definition) is 3. The molecule has 1 amide bonds. The van der Waals surface area contributed by atoms with E-state index in [4.69, 9.17) is 4.74 Å². The van der Waals surface area contributed by atoms with Crippen LogP contribution in [-0.4, -0.2) is 41.8 Å². The summed E-state index contributed by atoms with van der Waals surface area (Å²) in [5.74, 6) is 0. The molecule has 0 aromatic heterocycles. The fraction of sp³-hybridized carbons (Fsp3) is 0.938. The maximum absolute atomic E-state index is 12.0. The van der Waals surface area contributed by atoms with Gasteiger partial charge in [-0.25, -0.2) is 4.79 Å². The molecule has 4 nitrogen and oxygen atoms in total. The Labute approximate surface area is 123 Å². The first-order valence-corrected chi connectivity index (χ1v) is 8.18. The van der Waals surface area contributed by atoms with E-state index in [0.29, 0.717) is 12.1 Å². The highest BCUT2D eigenvalue weighted by molar-refractivity contribution is 5.68. The van der Waals surface area contributed by atoms with Crippen molar-refractivity contribution in [2.45, 2.75) is 83.4 Å². The lowest BCUT2D eigenvalue weighted by molar-refractivity contribution is 0.0290. The van der Waals surface area contributed by atoms with Crippen LogP contribution < -0.4 is 5.32 Å². The van der Waals surface area contributed by atoms with E-state index in [-0.39, 0.29) is 6.09 Å². The summed E-state index contributed by atoms with van der Waals surface area (Å²) in [5.41, 5.74) is -0.399. The van der Waals surface area contributed by atoms with Gasteiger partial charge in [0.1, 0.15) is 5.60 Å². The Hall–Kier alpha value is -0.770. The number of nitrogens with zero attached hydrogens (tertiary/aromatic N) is 1. The minimum absolute atomic E-state index is 0.164. The average Bonchev–Trinajstić information content (AvgIpc) is 2.64. The first-order valence-electron chi connectivity index (χ1n) is 8.18. The zero-order valence-corrected chi connectivity index (χ0v) is 13.3. The van der Waals surface area contributed by atoms with Gasteiger partial charge in [0.05, 0.1) is 0 Å². The number of carbonyl (C=O) groups excluding carboxylic acids is 1. The van der Waals surface area contributed by atoms with Crippen LogP contribution in [0.3, 0.4) is 0 Å². The Morgan fingerprint density at radius 3 is 2.30 bits per heavy atom. The van der Waals surface area contributed by atoms with Gasteiger partial charge in [0.2, 0.25) is 0 Å². The molecule has 0 spiro atoms. The zero-order valence-electron chi connectivity index (χ0n) is 13.3. The van der Waals surface area contributed by atoms with Crippen LogP contribution in [0.5, 0.6) is 0 Å². The van der Waals surface area contributed by atoms with Crippen molar-refractivity contribution in [2.75, 3.05) is 13.1 Å². The summed E-state index contributed by atoms with van der Waals surface area (Å²) in [6.45, 7) is 7.37. The van der Waals surface area contributed by atoms with Crippen LogP contribution >= 0.6 is 0 Å². The van der Waals surface area contributed by atoms with Crippen LogP contribution in [-0.2, 0) is 4.74 Å². The van der Waals surface area contributed by atoms with Gasteiger partial charge in [0.25, 0.3) is 0 Å². The Balaban J connectivity index is 1.75. The molecule has 2 fully saturated rings. The van der Waals surface area contributed by atoms with Gasteiger partial charge in [-0.05, 0) is 40.0 Å². The molecule has 1 saturated carbocycles. The van der Waals surface area contributed by atoms with Crippen molar-refractivity contribution in [1.29, 1.82) is 0 Å². The normalized spacial score (nSPS) is 25.6. The highest BCUT2D eigenvalue weighted by Crippen LogP contribution is 2.20. The second-order valence-electron chi connectivity index (χ2n) is 7.27. The molecule has 20 heavy (non-hydrogen) atoms. The van der Waals surface area contributed by atoms with E-state index >= 15 is 0 Å². The van der Waals surface area contributed by atoms with E-state index in [1.807, 2.05) is 25.7 Å². The summed E-state index contributed by atoms with van der Waals surface area (Å²) in [6, 6.07) is 1.10. The van der Waals surface area contributed by atoms with E-state index in [1.165, 1.54) is 38.5 Å². The van der Waals surface area contributed by atoms with Gasteiger partial charge >= 0.3 is 6.09 Å². The summed E-state index contributed by atoms with van der Waals surface area (Å²) in [7, 11) is 0. The standard InChI is InChI=1S/C16H30N2O2/c1-16(2,3)20-15(19)18-11-10-14(12-18)17-13-8-6-4-5-7-9-13/h13-14,17H,4-12H2,1-3H3. The van der Waals surface area contributed by atoms with E-state index in [1.54, 1.807) is 0 Å². The maximum Gasteiger partial charge on any atom is 0.410 e. The molecule has 0 aromatic carbocycles. The second-order valence-corrected chi connectivity index (χ2v) is 7.27. The fourth-order valence-electron chi connectivity index (χ4n) is 3.17. The molecule has 4 heteroatoms. The van der Waals surface area contributed by atoms with E-state index in [2.05, 4.69) is 5.32 Å². The van der Waals surface area contributed by atoms with Crippen LogP contribution in [0.15, 0.2) is 0 Å². The Morgan fingerprint density at radius 2 is 1.70 bits per heavy atom. The van der Waals surface area contributed by atoms with Gasteiger partial charge in [-0.3, -0.25) is 0 Å². The molecule has 1 N–H and O–H groups in total. The zero-order chi connectivity index (χ0) is 14.6. The van der Waals surface area contributed by atoms with Gasteiger partial charge in [-0.15, -0.1) is 0 Å². The monoisotopic (exact) mass is 282 g/mol. The molecule has 1 saturated heterocycles.